The number of hydrogen-bond donors (Lipinski definition) is 0. The molecule has 2 aromatic heterocycles. The van der Waals surface area contributed by atoms with E-state index in [1.807, 2.05) is 31.2 Å². The average molecular weight is 428 g/mol. The first kappa shape index (κ1) is 20.2. The summed E-state index contributed by atoms with van der Waals surface area (Å²) in [5.74, 6) is 0.888. The Kier molecular flexibility index (Phi) is 5.53. The van der Waals surface area contributed by atoms with E-state index in [-0.39, 0.29) is 17.2 Å². The van der Waals surface area contributed by atoms with Gasteiger partial charge in [-0.25, -0.2) is 4.98 Å². The number of aromatic nitrogens is 2. The van der Waals surface area contributed by atoms with Crippen LogP contribution in [-0.2, 0) is 17.6 Å². The molecular weight excluding hydrogens is 402 g/mol. The zero-order chi connectivity index (χ0) is 20.7. The molecule has 0 aliphatic heterocycles. The highest BCUT2D eigenvalue weighted by Crippen LogP contribution is 2.37. The quantitative estimate of drug-likeness (QED) is 0.465. The molecule has 1 aliphatic rings. The summed E-state index contributed by atoms with van der Waals surface area (Å²) in [5.41, 5.74) is 3.00. The van der Waals surface area contributed by atoms with Gasteiger partial charge in [0.25, 0.3) is 5.56 Å². The van der Waals surface area contributed by atoms with E-state index in [0.717, 1.165) is 40.7 Å². The Bertz CT molecular complexity index is 1150. The van der Waals surface area contributed by atoms with Gasteiger partial charge in [-0.2, -0.15) is 0 Å². The molecule has 0 bridgehead atoms. The highest BCUT2D eigenvalue weighted by atomic mass is 32.2. The standard InChI is InChI=1S/C22H25N3O2S2/c1-13-9-10-15-17(11-13)29-20-19(15)21(27)25(16-8-6-5-7-14(16)2)22(23-20)28-12-18(26)24(3)4/h5-8,13H,9-12H2,1-4H3/t13-/m1/s1. The van der Waals surface area contributed by atoms with Crippen LogP contribution < -0.4 is 5.56 Å². The number of para-hydroxylation sites is 1. The van der Waals surface area contributed by atoms with Crippen LogP contribution in [0.3, 0.4) is 0 Å². The number of nitrogens with zero attached hydrogens (tertiary/aromatic N) is 3. The largest absolute Gasteiger partial charge is 0.348 e. The smallest absolute Gasteiger partial charge is 0.267 e. The normalized spacial score (nSPS) is 16.1. The van der Waals surface area contributed by atoms with Gasteiger partial charge in [0.05, 0.1) is 16.8 Å². The van der Waals surface area contributed by atoms with Crippen molar-refractivity contribution in [3.63, 3.8) is 0 Å². The van der Waals surface area contributed by atoms with Crippen LogP contribution in [0.2, 0.25) is 0 Å². The number of carbonyl (C=O) groups excluding carboxylic acids is 1. The molecule has 0 spiro atoms. The molecule has 3 aromatic rings. The van der Waals surface area contributed by atoms with Crippen LogP contribution in [0.4, 0.5) is 0 Å². The third-order valence-electron chi connectivity index (χ3n) is 5.48. The van der Waals surface area contributed by atoms with E-state index in [4.69, 9.17) is 4.98 Å². The van der Waals surface area contributed by atoms with E-state index >= 15 is 0 Å². The van der Waals surface area contributed by atoms with Gasteiger partial charge in [-0.3, -0.25) is 14.2 Å². The van der Waals surface area contributed by atoms with Crippen molar-refractivity contribution in [2.45, 2.75) is 38.3 Å². The second kappa shape index (κ2) is 7.95. The van der Waals surface area contributed by atoms with Crippen molar-refractivity contribution in [1.29, 1.82) is 0 Å². The van der Waals surface area contributed by atoms with Crippen LogP contribution in [0, 0.1) is 12.8 Å². The molecule has 29 heavy (non-hydrogen) atoms. The predicted molar refractivity (Wildman–Crippen MR) is 121 cm³/mol. The van der Waals surface area contributed by atoms with E-state index in [9.17, 15) is 9.59 Å². The molecule has 0 saturated carbocycles. The van der Waals surface area contributed by atoms with Crippen LogP contribution in [0.25, 0.3) is 15.9 Å². The van der Waals surface area contributed by atoms with Crippen LogP contribution in [0.5, 0.6) is 0 Å². The summed E-state index contributed by atoms with van der Waals surface area (Å²) in [6, 6.07) is 7.84. The summed E-state index contributed by atoms with van der Waals surface area (Å²) in [7, 11) is 3.48. The SMILES string of the molecule is Cc1ccccc1-n1c(SCC(=O)N(C)C)nc2sc3c(c2c1=O)CC[C@@H](C)C3. The van der Waals surface area contributed by atoms with Gasteiger partial charge in [-0.15, -0.1) is 11.3 Å². The number of amides is 1. The van der Waals surface area contributed by atoms with Gasteiger partial charge in [-0.05, 0) is 49.3 Å². The lowest BCUT2D eigenvalue weighted by atomic mass is 9.89. The molecule has 1 aromatic carbocycles. The predicted octanol–water partition coefficient (Wildman–Crippen LogP) is 4.06. The number of carbonyl (C=O) groups is 1. The van der Waals surface area contributed by atoms with Crippen molar-refractivity contribution in [3.8, 4) is 5.69 Å². The van der Waals surface area contributed by atoms with Crippen LogP contribution in [0.15, 0.2) is 34.2 Å². The van der Waals surface area contributed by atoms with Crippen molar-refractivity contribution in [3.05, 3.63) is 50.6 Å². The number of fused-ring (bicyclic) bond motifs is 3. The molecule has 0 radical (unpaired) electrons. The fourth-order valence-electron chi connectivity index (χ4n) is 3.75. The lowest BCUT2D eigenvalue weighted by molar-refractivity contribution is -0.125. The maximum absolute atomic E-state index is 13.7. The van der Waals surface area contributed by atoms with Crippen molar-refractivity contribution in [2.24, 2.45) is 5.92 Å². The lowest BCUT2D eigenvalue weighted by Gasteiger charge is -2.18. The van der Waals surface area contributed by atoms with Gasteiger partial charge in [0.1, 0.15) is 4.83 Å². The van der Waals surface area contributed by atoms with Crippen molar-refractivity contribution in [2.75, 3.05) is 19.8 Å². The van der Waals surface area contributed by atoms with Gasteiger partial charge in [0, 0.05) is 19.0 Å². The Morgan fingerprint density at radius 2 is 2.10 bits per heavy atom. The van der Waals surface area contributed by atoms with Crippen molar-refractivity contribution >= 4 is 39.2 Å². The molecule has 1 amide bonds. The highest BCUT2D eigenvalue weighted by Gasteiger charge is 2.25. The molecule has 152 valence electrons. The number of thioether (sulfide) groups is 1. The molecule has 0 saturated heterocycles. The molecule has 0 fully saturated rings. The van der Waals surface area contributed by atoms with Crippen molar-refractivity contribution < 1.29 is 4.79 Å². The zero-order valence-corrected chi connectivity index (χ0v) is 18.8. The first-order valence-corrected chi connectivity index (χ1v) is 11.6. The van der Waals surface area contributed by atoms with Gasteiger partial charge in [0.2, 0.25) is 5.91 Å². The summed E-state index contributed by atoms with van der Waals surface area (Å²) < 4.78 is 1.70. The van der Waals surface area contributed by atoms with E-state index in [1.54, 1.807) is 34.9 Å². The van der Waals surface area contributed by atoms with E-state index in [0.29, 0.717) is 11.1 Å². The molecule has 0 unspecified atom stereocenters. The molecule has 4 rings (SSSR count). The molecular formula is C22H25N3O2S2. The maximum Gasteiger partial charge on any atom is 0.267 e. The minimum Gasteiger partial charge on any atom is -0.348 e. The summed E-state index contributed by atoms with van der Waals surface area (Å²) in [4.78, 5) is 34.4. The van der Waals surface area contributed by atoms with Gasteiger partial charge in [0.15, 0.2) is 5.16 Å². The number of benzene rings is 1. The van der Waals surface area contributed by atoms with Crippen LogP contribution in [0.1, 0.15) is 29.3 Å². The van der Waals surface area contributed by atoms with Crippen LogP contribution >= 0.6 is 23.1 Å². The Morgan fingerprint density at radius 1 is 1.34 bits per heavy atom. The number of aryl methyl sites for hydroxylation is 2. The summed E-state index contributed by atoms with van der Waals surface area (Å²) in [6.45, 7) is 4.26. The highest BCUT2D eigenvalue weighted by molar-refractivity contribution is 7.99. The minimum absolute atomic E-state index is 0.0000200. The van der Waals surface area contributed by atoms with Crippen molar-refractivity contribution in [1.82, 2.24) is 14.5 Å². The fraction of sp³-hybridized carbons (Fsp3) is 0.409. The second-order valence-electron chi connectivity index (χ2n) is 7.93. The molecule has 1 atom stereocenters. The number of rotatable bonds is 4. The lowest BCUT2D eigenvalue weighted by Crippen LogP contribution is -2.26. The Labute approximate surface area is 178 Å². The molecule has 0 N–H and O–H groups in total. The fourth-order valence-corrected chi connectivity index (χ4v) is 6.16. The van der Waals surface area contributed by atoms with E-state index in [1.165, 1.54) is 22.2 Å². The van der Waals surface area contributed by atoms with Gasteiger partial charge < -0.3 is 4.90 Å². The first-order valence-electron chi connectivity index (χ1n) is 9.83. The Balaban J connectivity index is 1.92. The summed E-state index contributed by atoms with van der Waals surface area (Å²) >= 11 is 2.98. The van der Waals surface area contributed by atoms with E-state index < -0.39 is 0 Å². The van der Waals surface area contributed by atoms with Gasteiger partial charge >= 0.3 is 0 Å². The van der Waals surface area contributed by atoms with Gasteiger partial charge in [-0.1, -0.05) is 36.9 Å². The second-order valence-corrected chi connectivity index (χ2v) is 9.96. The molecule has 2 heterocycles. The molecule has 7 heteroatoms. The van der Waals surface area contributed by atoms with Crippen LogP contribution in [-0.4, -0.2) is 40.2 Å². The topological polar surface area (TPSA) is 55.2 Å². The number of thiophene rings is 1. The van der Waals surface area contributed by atoms with E-state index in [2.05, 4.69) is 6.92 Å². The number of hydrogen-bond acceptors (Lipinski definition) is 5. The minimum atomic E-state index is -0.0174. The maximum atomic E-state index is 13.7. The summed E-state index contributed by atoms with van der Waals surface area (Å²) in [6.07, 6.45) is 3.06. The summed E-state index contributed by atoms with van der Waals surface area (Å²) in [5, 5.41) is 1.35. The monoisotopic (exact) mass is 427 g/mol. The third-order valence-corrected chi connectivity index (χ3v) is 7.55. The Morgan fingerprint density at radius 3 is 2.83 bits per heavy atom. The Hall–Kier alpha value is -2.12. The molecule has 5 nitrogen and oxygen atoms in total. The zero-order valence-electron chi connectivity index (χ0n) is 17.2. The average Bonchev–Trinajstić information content (AvgIpc) is 3.04. The first-order chi connectivity index (χ1) is 13.9. The third kappa shape index (κ3) is 3.73. The molecule has 1 aliphatic carbocycles.